The van der Waals surface area contributed by atoms with E-state index < -0.39 is 12.3 Å². The van der Waals surface area contributed by atoms with Gasteiger partial charge in [-0.3, -0.25) is 10.1 Å². The topological polar surface area (TPSA) is 93.8 Å². The third-order valence-corrected chi connectivity index (χ3v) is 7.15. The SMILES string of the molecule is CC(C[C@]1(C)C[C@H](NC(O)OCc2ccccc2)C1)Oc1c(C(N)=O)sc2ccccc12. The summed E-state index contributed by atoms with van der Waals surface area (Å²) in [7, 11) is 0. The number of benzene rings is 2. The number of amides is 1. The van der Waals surface area contributed by atoms with Crippen molar-refractivity contribution in [2.75, 3.05) is 0 Å². The Kier molecular flexibility index (Phi) is 6.81. The fourth-order valence-electron chi connectivity index (χ4n) is 4.65. The van der Waals surface area contributed by atoms with Gasteiger partial charge in [0.15, 0.2) is 5.75 Å². The van der Waals surface area contributed by atoms with Crippen molar-refractivity contribution >= 4 is 27.3 Å². The highest BCUT2D eigenvalue weighted by Crippen LogP contribution is 2.46. The molecule has 7 heteroatoms. The van der Waals surface area contributed by atoms with Crippen molar-refractivity contribution in [3.63, 3.8) is 0 Å². The smallest absolute Gasteiger partial charge is 0.262 e. The van der Waals surface area contributed by atoms with Gasteiger partial charge in [-0.1, -0.05) is 49.4 Å². The Bertz CT molecular complexity index is 1060. The Labute approximate surface area is 192 Å². The van der Waals surface area contributed by atoms with Gasteiger partial charge in [0.1, 0.15) is 4.88 Å². The van der Waals surface area contributed by atoms with E-state index in [1.165, 1.54) is 11.3 Å². The highest BCUT2D eigenvalue weighted by atomic mass is 32.1. The summed E-state index contributed by atoms with van der Waals surface area (Å²) in [6.45, 7) is 4.62. The molecule has 32 heavy (non-hydrogen) atoms. The number of hydrogen-bond acceptors (Lipinski definition) is 6. The third-order valence-electron chi connectivity index (χ3n) is 5.98. The van der Waals surface area contributed by atoms with Gasteiger partial charge in [0.2, 0.25) is 6.41 Å². The van der Waals surface area contributed by atoms with Crippen molar-refractivity contribution < 1.29 is 19.4 Å². The van der Waals surface area contributed by atoms with Gasteiger partial charge in [0, 0.05) is 16.1 Å². The molecule has 1 aromatic heterocycles. The molecule has 170 valence electrons. The van der Waals surface area contributed by atoms with E-state index >= 15 is 0 Å². The number of primary amides is 1. The molecule has 0 radical (unpaired) electrons. The van der Waals surface area contributed by atoms with Crippen molar-refractivity contribution in [1.82, 2.24) is 5.32 Å². The van der Waals surface area contributed by atoms with Crippen LogP contribution in [0.2, 0.25) is 0 Å². The second-order valence-electron chi connectivity index (χ2n) is 8.98. The first-order valence-electron chi connectivity index (χ1n) is 10.9. The highest BCUT2D eigenvalue weighted by molar-refractivity contribution is 7.21. The van der Waals surface area contributed by atoms with Crippen molar-refractivity contribution in [2.45, 2.75) is 58.3 Å². The number of fused-ring (bicyclic) bond motifs is 1. The van der Waals surface area contributed by atoms with Crippen LogP contribution in [0, 0.1) is 5.41 Å². The molecule has 1 aliphatic carbocycles. The molecular formula is C25H30N2O4S. The first kappa shape index (κ1) is 22.7. The minimum absolute atomic E-state index is 0.0729. The van der Waals surface area contributed by atoms with Crippen LogP contribution in [-0.2, 0) is 11.3 Å². The summed E-state index contributed by atoms with van der Waals surface area (Å²) in [5, 5.41) is 14.2. The van der Waals surface area contributed by atoms with E-state index in [0.717, 1.165) is 34.9 Å². The molecule has 6 nitrogen and oxygen atoms in total. The van der Waals surface area contributed by atoms with Crippen molar-refractivity contribution in [3.05, 3.63) is 65.0 Å². The Morgan fingerprint density at radius 1 is 1.22 bits per heavy atom. The van der Waals surface area contributed by atoms with E-state index in [1.807, 2.05) is 61.5 Å². The second kappa shape index (κ2) is 9.58. The molecule has 2 aromatic carbocycles. The molecule has 1 heterocycles. The molecule has 2 unspecified atom stereocenters. The maximum absolute atomic E-state index is 11.9. The van der Waals surface area contributed by atoms with Crippen LogP contribution < -0.4 is 15.8 Å². The fourth-order valence-corrected chi connectivity index (χ4v) is 5.64. The summed E-state index contributed by atoms with van der Waals surface area (Å²) < 4.78 is 12.8. The Balaban J connectivity index is 1.28. The molecule has 4 rings (SSSR count). The lowest BCUT2D eigenvalue weighted by atomic mass is 9.64. The maximum Gasteiger partial charge on any atom is 0.262 e. The van der Waals surface area contributed by atoms with Crippen LogP contribution >= 0.6 is 11.3 Å². The number of hydrogen-bond donors (Lipinski definition) is 3. The standard InChI is InChI=1S/C25H30N2O4S/c1-16(31-21-19-10-6-7-11-20(19)32-22(21)23(26)28)12-25(2)13-18(14-25)27-24(29)30-15-17-8-4-3-5-9-17/h3-11,16,18,24,27,29H,12-15H2,1-2H3,(H2,26,28)/t16?,18-,24?,25+. The van der Waals surface area contributed by atoms with Gasteiger partial charge in [0.25, 0.3) is 5.91 Å². The van der Waals surface area contributed by atoms with Crippen molar-refractivity contribution in [3.8, 4) is 5.75 Å². The Hall–Kier alpha value is -2.45. The van der Waals surface area contributed by atoms with Gasteiger partial charge >= 0.3 is 0 Å². The lowest BCUT2D eigenvalue weighted by molar-refractivity contribution is -0.146. The van der Waals surface area contributed by atoms with E-state index in [1.54, 1.807) is 0 Å². The number of carbonyl (C=O) groups excluding carboxylic acids is 1. The van der Waals surface area contributed by atoms with Crippen LogP contribution in [0.25, 0.3) is 10.1 Å². The van der Waals surface area contributed by atoms with Crippen molar-refractivity contribution in [1.29, 1.82) is 0 Å². The van der Waals surface area contributed by atoms with Crippen LogP contribution in [0.4, 0.5) is 0 Å². The number of nitrogens with two attached hydrogens (primary N) is 1. The zero-order valence-electron chi connectivity index (χ0n) is 18.4. The van der Waals surface area contributed by atoms with Crippen LogP contribution in [0.15, 0.2) is 54.6 Å². The molecule has 0 bridgehead atoms. The van der Waals surface area contributed by atoms with Gasteiger partial charge < -0.3 is 20.3 Å². The minimum Gasteiger partial charge on any atom is -0.488 e. The largest absolute Gasteiger partial charge is 0.488 e. The molecule has 2 atom stereocenters. The summed E-state index contributed by atoms with van der Waals surface area (Å²) in [5.74, 6) is 0.130. The van der Waals surface area contributed by atoms with Gasteiger partial charge in [0.05, 0.1) is 12.7 Å². The van der Waals surface area contributed by atoms with E-state index in [9.17, 15) is 9.90 Å². The maximum atomic E-state index is 11.9. The zero-order chi connectivity index (χ0) is 22.7. The molecule has 3 aromatic rings. The molecule has 0 saturated heterocycles. The Morgan fingerprint density at radius 2 is 1.91 bits per heavy atom. The molecule has 1 aliphatic rings. The van der Waals surface area contributed by atoms with Crippen molar-refractivity contribution in [2.24, 2.45) is 11.1 Å². The molecular weight excluding hydrogens is 424 g/mol. The third kappa shape index (κ3) is 5.30. The normalized spacial score (nSPS) is 22.3. The fraction of sp³-hybridized carbons (Fsp3) is 0.400. The number of carbonyl (C=O) groups is 1. The average Bonchev–Trinajstić information content (AvgIpc) is 3.10. The van der Waals surface area contributed by atoms with Crippen LogP contribution in [-0.4, -0.2) is 29.6 Å². The van der Waals surface area contributed by atoms with Crippen LogP contribution in [0.3, 0.4) is 0 Å². The summed E-state index contributed by atoms with van der Waals surface area (Å²) in [5.41, 5.74) is 6.71. The molecule has 0 spiro atoms. The predicted octanol–water partition coefficient (Wildman–Crippen LogP) is 4.41. The lowest BCUT2D eigenvalue weighted by Crippen LogP contribution is -2.52. The summed E-state index contributed by atoms with van der Waals surface area (Å²) in [6, 6.07) is 17.8. The van der Waals surface area contributed by atoms with Gasteiger partial charge in [-0.05, 0) is 49.3 Å². The summed E-state index contributed by atoms with van der Waals surface area (Å²) in [6.07, 6.45) is 1.61. The van der Waals surface area contributed by atoms with Gasteiger partial charge in [-0.25, -0.2) is 0 Å². The van der Waals surface area contributed by atoms with Gasteiger partial charge in [-0.15, -0.1) is 11.3 Å². The number of aliphatic hydroxyl groups excluding tert-OH is 1. The summed E-state index contributed by atoms with van der Waals surface area (Å²) in [4.78, 5) is 12.4. The number of thiophene rings is 1. The van der Waals surface area contributed by atoms with Crippen LogP contribution in [0.5, 0.6) is 5.75 Å². The first-order valence-corrected chi connectivity index (χ1v) is 11.7. The van der Waals surface area contributed by atoms with Gasteiger partial charge in [-0.2, -0.15) is 0 Å². The van der Waals surface area contributed by atoms with E-state index in [2.05, 4.69) is 12.2 Å². The highest BCUT2D eigenvalue weighted by Gasteiger charge is 2.42. The molecule has 4 N–H and O–H groups in total. The Morgan fingerprint density at radius 3 is 2.62 bits per heavy atom. The van der Waals surface area contributed by atoms with E-state index in [0.29, 0.717) is 17.2 Å². The minimum atomic E-state index is -0.992. The molecule has 1 amide bonds. The number of ether oxygens (including phenoxy) is 2. The molecule has 1 fully saturated rings. The number of nitrogens with one attached hydrogen (secondary N) is 1. The lowest BCUT2D eigenvalue weighted by Gasteiger charge is -2.47. The number of aliphatic hydroxyl groups is 1. The quantitative estimate of drug-likeness (QED) is 0.395. The predicted molar refractivity (Wildman–Crippen MR) is 127 cm³/mol. The van der Waals surface area contributed by atoms with E-state index in [-0.39, 0.29) is 17.6 Å². The zero-order valence-corrected chi connectivity index (χ0v) is 19.2. The second-order valence-corrected chi connectivity index (χ2v) is 10.0. The molecule has 0 aliphatic heterocycles. The monoisotopic (exact) mass is 454 g/mol. The first-order chi connectivity index (χ1) is 15.3. The number of rotatable bonds is 10. The average molecular weight is 455 g/mol. The van der Waals surface area contributed by atoms with Crippen LogP contribution in [0.1, 0.15) is 48.3 Å². The van der Waals surface area contributed by atoms with E-state index in [4.69, 9.17) is 15.2 Å². The molecule has 1 saturated carbocycles. The summed E-state index contributed by atoms with van der Waals surface area (Å²) >= 11 is 1.37.